The summed E-state index contributed by atoms with van der Waals surface area (Å²) in [6.07, 6.45) is 1.63. The number of amides is 2. The topological polar surface area (TPSA) is 164 Å². The number of hydrogen-bond donors (Lipinski definition) is 3. The van der Waals surface area contributed by atoms with Gasteiger partial charge < -0.3 is 39.5 Å². The molecule has 2 aliphatic rings. The van der Waals surface area contributed by atoms with Gasteiger partial charge in [-0.3, -0.25) is 14.4 Å². The Morgan fingerprint density at radius 1 is 0.870 bits per heavy atom. The van der Waals surface area contributed by atoms with Crippen LogP contribution in [0.1, 0.15) is 23.9 Å². The van der Waals surface area contributed by atoms with E-state index >= 15 is 0 Å². The van der Waals surface area contributed by atoms with Gasteiger partial charge in [-0.15, -0.1) is 0 Å². The first-order valence-electron chi connectivity index (χ1n) is 14.7. The zero-order chi connectivity index (χ0) is 33.4. The number of piperazine rings is 2. The second-order valence-electron chi connectivity index (χ2n) is 10.8. The maximum absolute atomic E-state index is 14.4. The lowest BCUT2D eigenvalue weighted by Gasteiger charge is -2.36. The zero-order valence-electron chi connectivity index (χ0n) is 25.6. The van der Waals surface area contributed by atoms with Crippen molar-refractivity contribution in [1.82, 2.24) is 9.80 Å². The first kappa shape index (κ1) is 33.6. The summed E-state index contributed by atoms with van der Waals surface area (Å²) in [5.74, 6) is -3.56. The lowest BCUT2D eigenvalue weighted by Crippen LogP contribution is -2.48. The molecule has 2 aliphatic heterocycles. The van der Waals surface area contributed by atoms with Crippen molar-refractivity contribution in [2.24, 2.45) is 0 Å². The van der Waals surface area contributed by atoms with E-state index in [0.29, 0.717) is 56.1 Å². The van der Waals surface area contributed by atoms with Crippen molar-refractivity contribution in [3.05, 3.63) is 76.4 Å². The molecule has 244 valence electrons. The summed E-state index contributed by atoms with van der Waals surface area (Å²) in [5, 5.41) is 18.5. The van der Waals surface area contributed by atoms with E-state index in [1.54, 1.807) is 12.1 Å². The van der Waals surface area contributed by atoms with Crippen molar-refractivity contribution in [2.75, 3.05) is 74.5 Å². The summed E-state index contributed by atoms with van der Waals surface area (Å²) in [6, 6.07) is 11.0. The third-order valence-corrected chi connectivity index (χ3v) is 7.64. The highest BCUT2D eigenvalue weighted by Crippen LogP contribution is 2.29. The Balaban J connectivity index is 0.000000533. The lowest BCUT2D eigenvalue weighted by atomic mass is 10.1. The van der Waals surface area contributed by atoms with Gasteiger partial charge in [0.05, 0.1) is 11.1 Å². The molecule has 1 aromatic heterocycles. The number of nitrogens with one attached hydrogen (secondary N) is 1. The van der Waals surface area contributed by atoms with Crippen molar-refractivity contribution in [2.45, 2.75) is 13.3 Å². The van der Waals surface area contributed by atoms with E-state index in [1.807, 2.05) is 35.9 Å². The first-order chi connectivity index (χ1) is 21.9. The van der Waals surface area contributed by atoms with Crippen LogP contribution in [-0.2, 0) is 14.4 Å². The van der Waals surface area contributed by atoms with Crippen LogP contribution >= 0.6 is 0 Å². The fourth-order valence-electron chi connectivity index (χ4n) is 5.13. The molecule has 0 spiro atoms. The van der Waals surface area contributed by atoms with Crippen molar-refractivity contribution in [3.63, 3.8) is 0 Å². The third kappa shape index (κ3) is 8.69. The maximum Gasteiger partial charge on any atom is 0.328 e. The predicted octanol–water partition coefficient (Wildman–Crippen LogP) is 2.71. The molecule has 2 amide bonds. The molecule has 3 aromatic rings. The number of likely N-dealkylation sites (N-methyl/N-ethyl adjacent to an activating group) is 1. The Kier molecular flexibility index (Phi) is 11.1. The summed E-state index contributed by atoms with van der Waals surface area (Å²) in [6.45, 7) is 7.65. The number of carboxylic acid groups (broad SMARTS) is 2. The predicted molar refractivity (Wildman–Crippen MR) is 170 cm³/mol. The largest absolute Gasteiger partial charge is 0.478 e. The van der Waals surface area contributed by atoms with Gasteiger partial charge in [0.2, 0.25) is 5.91 Å². The molecule has 5 rings (SSSR count). The molecule has 0 saturated carbocycles. The van der Waals surface area contributed by atoms with Gasteiger partial charge in [0.25, 0.3) is 5.91 Å². The van der Waals surface area contributed by atoms with E-state index in [4.69, 9.17) is 14.6 Å². The number of carboxylic acids is 2. The van der Waals surface area contributed by atoms with Gasteiger partial charge in [-0.25, -0.2) is 14.0 Å². The molecule has 2 fully saturated rings. The molecular formula is C32H36FN5O8. The zero-order valence-corrected chi connectivity index (χ0v) is 25.6. The number of carbonyl (C=O) groups is 4. The average molecular weight is 638 g/mol. The van der Waals surface area contributed by atoms with Crippen LogP contribution in [0, 0.1) is 5.82 Å². The fraction of sp³-hybridized carbons (Fsp3) is 0.344. The van der Waals surface area contributed by atoms with E-state index in [-0.39, 0.29) is 22.6 Å². The van der Waals surface area contributed by atoms with Crippen LogP contribution in [0.4, 0.5) is 21.5 Å². The minimum Gasteiger partial charge on any atom is -0.478 e. The number of hydrogen-bond acceptors (Lipinski definition) is 9. The molecule has 3 N–H and O–H groups in total. The second-order valence-corrected chi connectivity index (χ2v) is 10.8. The van der Waals surface area contributed by atoms with Gasteiger partial charge in [0, 0.05) is 94.4 Å². The van der Waals surface area contributed by atoms with E-state index < -0.39 is 29.1 Å². The van der Waals surface area contributed by atoms with Crippen molar-refractivity contribution in [1.29, 1.82) is 0 Å². The van der Waals surface area contributed by atoms with Crippen LogP contribution in [0.25, 0.3) is 11.0 Å². The minimum atomic E-state index is -1.26. The van der Waals surface area contributed by atoms with Gasteiger partial charge in [-0.1, -0.05) is 6.92 Å². The maximum atomic E-state index is 14.4. The van der Waals surface area contributed by atoms with Crippen LogP contribution in [-0.4, -0.2) is 103 Å². The molecule has 46 heavy (non-hydrogen) atoms. The number of benzene rings is 2. The van der Waals surface area contributed by atoms with Gasteiger partial charge in [0.15, 0.2) is 16.8 Å². The molecule has 13 nitrogen and oxygen atoms in total. The normalized spacial score (nSPS) is 15.4. The highest BCUT2D eigenvalue weighted by atomic mass is 19.1. The van der Waals surface area contributed by atoms with Crippen molar-refractivity contribution >= 4 is 51.8 Å². The van der Waals surface area contributed by atoms with Crippen LogP contribution < -0.4 is 20.5 Å². The Morgan fingerprint density at radius 3 is 2.02 bits per heavy atom. The van der Waals surface area contributed by atoms with Gasteiger partial charge in [-0.05, 0) is 37.4 Å². The summed E-state index contributed by atoms with van der Waals surface area (Å²) >= 11 is 0. The van der Waals surface area contributed by atoms with Gasteiger partial charge >= 0.3 is 11.9 Å². The molecule has 14 heteroatoms. The molecule has 0 atom stereocenters. The third-order valence-electron chi connectivity index (χ3n) is 7.64. The first-order valence-corrected chi connectivity index (χ1v) is 14.7. The Morgan fingerprint density at radius 2 is 1.46 bits per heavy atom. The van der Waals surface area contributed by atoms with E-state index in [2.05, 4.69) is 15.1 Å². The minimum absolute atomic E-state index is 0.112. The molecule has 0 radical (unpaired) electrons. The Bertz CT molecular complexity index is 1660. The summed E-state index contributed by atoms with van der Waals surface area (Å²) in [4.78, 5) is 65.1. The smallest absolute Gasteiger partial charge is 0.328 e. The molecule has 0 aliphatic carbocycles. The Hall–Kier alpha value is -5.24. The summed E-state index contributed by atoms with van der Waals surface area (Å²) in [5.41, 5.74) is 1.78. The quantitative estimate of drug-likeness (QED) is 0.327. The number of carbonyl (C=O) groups excluding carboxylic acids is 2. The van der Waals surface area contributed by atoms with E-state index in [0.717, 1.165) is 44.0 Å². The van der Waals surface area contributed by atoms with E-state index in [1.165, 1.54) is 6.07 Å². The average Bonchev–Trinajstić information content (AvgIpc) is 3.04. The van der Waals surface area contributed by atoms with Crippen LogP contribution in [0.3, 0.4) is 0 Å². The molecule has 3 heterocycles. The fourth-order valence-corrected chi connectivity index (χ4v) is 5.13. The van der Waals surface area contributed by atoms with Crippen molar-refractivity contribution in [3.8, 4) is 0 Å². The molecular weight excluding hydrogens is 601 g/mol. The lowest BCUT2D eigenvalue weighted by molar-refractivity contribution is -0.134. The van der Waals surface area contributed by atoms with E-state index in [9.17, 15) is 28.4 Å². The van der Waals surface area contributed by atoms with Gasteiger partial charge in [-0.2, -0.15) is 0 Å². The number of halogens is 1. The van der Waals surface area contributed by atoms with Crippen LogP contribution in [0.15, 0.2) is 63.8 Å². The monoisotopic (exact) mass is 637 g/mol. The number of rotatable bonds is 7. The molecule has 0 unspecified atom stereocenters. The Labute approximate surface area is 264 Å². The molecule has 2 saturated heterocycles. The second kappa shape index (κ2) is 15.2. The number of aliphatic carboxylic acids is 2. The van der Waals surface area contributed by atoms with Gasteiger partial charge in [0.1, 0.15) is 5.82 Å². The number of fused-ring (bicyclic) bond motifs is 1. The standard InChI is InChI=1S/C28H32FN5O4.C4H4O4/c1-3-26(36)34-14-12-32(13-15-34)21-6-4-20(5-7-21)30-28(37)25-18-24(35)22-16-19(29)17-23(27(22)38-25)33-10-8-31(2)9-11-33;5-3(6)1-2-4(7)8/h4-7,16-18H,3,8-15H2,1-2H3,(H,30,37);1-2H,(H,5,6)(H,7,8)/b;2-1+. The molecule has 0 bridgehead atoms. The van der Waals surface area contributed by atoms with Crippen molar-refractivity contribution < 1.29 is 38.2 Å². The molecule has 2 aromatic carbocycles. The SMILES string of the molecule is CCC(=O)N1CCN(c2ccc(NC(=O)c3cc(=O)c4cc(F)cc(N5CCN(C)CC5)c4o3)cc2)CC1.O=C(O)/C=C/C(=O)O. The summed E-state index contributed by atoms with van der Waals surface area (Å²) in [7, 11) is 2.02. The number of nitrogens with zero attached hydrogens (tertiary/aromatic N) is 4. The highest BCUT2D eigenvalue weighted by Gasteiger charge is 2.23. The number of anilines is 3. The van der Waals surface area contributed by atoms with Crippen LogP contribution in [0.2, 0.25) is 0 Å². The summed E-state index contributed by atoms with van der Waals surface area (Å²) < 4.78 is 20.3. The highest BCUT2D eigenvalue weighted by molar-refractivity contribution is 6.03. The van der Waals surface area contributed by atoms with Crippen LogP contribution in [0.5, 0.6) is 0 Å².